The fraction of sp³-hybridized carbons (Fsp3) is 1.00. The third-order valence-corrected chi connectivity index (χ3v) is 4.52. The second kappa shape index (κ2) is 42.4. The van der Waals surface area contributed by atoms with Gasteiger partial charge in [-0.15, -0.1) is 6.61 Å². The molecule has 0 aliphatic carbocycles. The number of aliphatic hydroxyl groups excluding tert-OH is 2. The maximum Gasteiger partial charge on any atom is 0.0431 e. The molecule has 0 heterocycles. The van der Waals surface area contributed by atoms with Gasteiger partial charge >= 0.3 is 0 Å². The smallest absolute Gasteiger partial charge is 0.0431 e. The van der Waals surface area contributed by atoms with Crippen molar-refractivity contribution in [2.24, 2.45) is 0 Å². The molecule has 0 aromatic rings. The van der Waals surface area contributed by atoms with Crippen LogP contribution in [0, 0.1) is 41.7 Å². The van der Waals surface area contributed by atoms with E-state index >= 15 is 0 Å². The summed E-state index contributed by atoms with van der Waals surface area (Å²) in [5.41, 5.74) is 0. The molecule has 0 aliphatic rings. The van der Waals surface area contributed by atoms with E-state index in [9.17, 15) is 5.11 Å². The van der Waals surface area contributed by atoms with Gasteiger partial charge in [-0.05, 0) is 12.8 Å². The summed E-state index contributed by atoms with van der Waals surface area (Å²) in [6.45, 7) is 7.48. The Balaban J connectivity index is -0.000000152. The van der Waals surface area contributed by atoms with Gasteiger partial charge in [0.25, 0.3) is 0 Å². The average Bonchev–Trinajstić information content (AvgIpc) is 2.69. The molecule has 0 saturated carbocycles. The van der Waals surface area contributed by atoms with Crippen LogP contribution in [0.25, 0.3) is 0 Å². The molecule has 2 N–H and O–H groups in total. The van der Waals surface area contributed by atoms with Crippen molar-refractivity contribution in [3.05, 3.63) is 0 Å². The summed E-state index contributed by atoms with van der Waals surface area (Å²) in [5.74, 6) is 0. The molecular weight excluding hydrogens is 476 g/mol. The molecule has 0 unspecified atom stereocenters. The van der Waals surface area contributed by atoms with E-state index in [0.29, 0.717) is 13.2 Å². The first-order chi connectivity index (χ1) is 13.2. The van der Waals surface area contributed by atoms with Crippen LogP contribution in [-0.2, 0) is 0 Å². The summed E-state index contributed by atoms with van der Waals surface area (Å²) in [7, 11) is 0. The van der Waals surface area contributed by atoms with Crippen LogP contribution in [0.1, 0.15) is 136 Å². The van der Waals surface area contributed by atoms with Crippen molar-refractivity contribution in [1.29, 1.82) is 0 Å². The van der Waals surface area contributed by atoms with Crippen LogP contribution in [0.4, 0.5) is 0 Å². The fourth-order valence-corrected chi connectivity index (χ4v) is 2.67. The molecule has 0 aliphatic heterocycles. The minimum absolute atomic E-state index is 0. The SMILES string of the molecule is CCCCCCCCO.CCCCCCCCO.CCCCCCCC[O-].[Ce]. The number of hydrogen-bond acceptors (Lipinski definition) is 3. The van der Waals surface area contributed by atoms with Gasteiger partial charge < -0.3 is 15.3 Å². The van der Waals surface area contributed by atoms with Gasteiger partial charge in [0.1, 0.15) is 0 Å². The zero-order valence-electron chi connectivity index (χ0n) is 19.7. The Morgan fingerprint density at radius 3 is 0.929 bits per heavy atom. The van der Waals surface area contributed by atoms with E-state index < -0.39 is 0 Å². The Labute approximate surface area is 211 Å². The van der Waals surface area contributed by atoms with E-state index in [4.69, 9.17) is 10.2 Å². The van der Waals surface area contributed by atoms with Crippen molar-refractivity contribution in [2.45, 2.75) is 136 Å². The summed E-state index contributed by atoms with van der Waals surface area (Å²) < 4.78 is 0. The third-order valence-electron chi connectivity index (χ3n) is 4.52. The Morgan fingerprint density at radius 2 is 0.679 bits per heavy atom. The molecule has 0 rings (SSSR count). The largest absolute Gasteiger partial charge is 0.854 e. The predicted molar refractivity (Wildman–Crippen MR) is 119 cm³/mol. The minimum Gasteiger partial charge on any atom is -0.854 e. The van der Waals surface area contributed by atoms with Gasteiger partial charge in [-0.3, -0.25) is 0 Å². The summed E-state index contributed by atoms with van der Waals surface area (Å²) in [5, 5.41) is 26.8. The van der Waals surface area contributed by atoms with Gasteiger partial charge in [-0.2, -0.15) is 0 Å². The van der Waals surface area contributed by atoms with Gasteiger partial charge in [-0.25, -0.2) is 0 Å². The van der Waals surface area contributed by atoms with E-state index in [-0.39, 0.29) is 48.4 Å². The van der Waals surface area contributed by atoms with Gasteiger partial charge in [0.15, 0.2) is 0 Å². The van der Waals surface area contributed by atoms with Crippen LogP contribution in [0.2, 0.25) is 0 Å². The number of rotatable bonds is 18. The van der Waals surface area contributed by atoms with Gasteiger partial charge in [0, 0.05) is 55.0 Å². The standard InChI is InChI=1S/2C8H18O.C8H17O.Ce/c3*1-2-3-4-5-6-7-8-9;/h2*9H,2-8H2,1H3;2-8H2,1H3;/q;;-1;. The van der Waals surface area contributed by atoms with Crippen LogP contribution in [-0.4, -0.2) is 30.0 Å². The molecular formula is C24H53CeO3-. The fourth-order valence-electron chi connectivity index (χ4n) is 2.67. The van der Waals surface area contributed by atoms with E-state index in [0.717, 1.165) is 25.7 Å². The monoisotopic (exact) mass is 529 g/mol. The van der Waals surface area contributed by atoms with E-state index in [1.54, 1.807) is 0 Å². The van der Waals surface area contributed by atoms with E-state index in [1.165, 1.54) is 89.9 Å². The molecule has 0 radical (unpaired) electrons. The first-order valence-corrected chi connectivity index (χ1v) is 12.0. The van der Waals surface area contributed by atoms with Crippen molar-refractivity contribution >= 4 is 0 Å². The Morgan fingerprint density at radius 1 is 0.429 bits per heavy atom. The second-order valence-electron chi connectivity index (χ2n) is 7.45. The predicted octanol–water partition coefficient (Wildman–Crippen LogP) is 6.39. The van der Waals surface area contributed by atoms with Crippen molar-refractivity contribution < 1.29 is 57.1 Å². The molecule has 0 saturated heterocycles. The molecule has 3 nitrogen and oxygen atoms in total. The number of hydrogen-bond donors (Lipinski definition) is 2. The zero-order valence-corrected chi connectivity index (χ0v) is 22.8. The van der Waals surface area contributed by atoms with Crippen molar-refractivity contribution in [1.82, 2.24) is 0 Å². The van der Waals surface area contributed by atoms with Crippen LogP contribution in [0.5, 0.6) is 0 Å². The molecule has 0 bridgehead atoms. The van der Waals surface area contributed by atoms with Crippen LogP contribution >= 0.6 is 0 Å². The summed E-state index contributed by atoms with van der Waals surface area (Å²) in [6.07, 6.45) is 22.2. The zero-order chi connectivity index (χ0) is 20.8. The van der Waals surface area contributed by atoms with Crippen LogP contribution in [0.15, 0.2) is 0 Å². The van der Waals surface area contributed by atoms with Gasteiger partial charge in [-0.1, -0.05) is 124 Å². The molecule has 0 atom stereocenters. The molecule has 0 fully saturated rings. The van der Waals surface area contributed by atoms with Crippen LogP contribution < -0.4 is 5.11 Å². The summed E-state index contributed by atoms with van der Waals surface area (Å²) in [6, 6.07) is 0. The maximum absolute atomic E-state index is 9.96. The summed E-state index contributed by atoms with van der Waals surface area (Å²) >= 11 is 0. The number of unbranched alkanes of at least 4 members (excludes halogenated alkanes) is 15. The molecule has 0 aromatic heterocycles. The van der Waals surface area contributed by atoms with Crippen molar-refractivity contribution in [3.63, 3.8) is 0 Å². The van der Waals surface area contributed by atoms with E-state index in [2.05, 4.69) is 20.8 Å². The Hall–Kier alpha value is 1.26. The molecule has 0 amide bonds. The van der Waals surface area contributed by atoms with Gasteiger partial charge in [0.2, 0.25) is 0 Å². The Bertz CT molecular complexity index is 153. The summed E-state index contributed by atoms with van der Waals surface area (Å²) in [4.78, 5) is 0. The normalized spacial score (nSPS) is 9.64. The number of aliphatic hydroxyl groups is 2. The molecule has 28 heavy (non-hydrogen) atoms. The molecule has 0 spiro atoms. The third kappa shape index (κ3) is 50.7. The molecule has 0 aromatic carbocycles. The van der Waals surface area contributed by atoms with Gasteiger partial charge in [0.05, 0.1) is 0 Å². The van der Waals surface area contributed by atoms with Crippen molar-refractivity contribution in [3.8, 4) is 0 Å². The molecule has 4 heteroatoms. The topological polar surface area (TPSA) is 63.5 Å². The average molecular weight is 530 g/mol. The maximum atomic E-state index is 9.96. The first-order valence-electron chi connectivity index (χ1n) is 12.0. The van der Waals surface area contributed by atoms with Crippen molar-refractivity contribution in [2.75, 3.05) is 19.8 Å². The molecule has 172 valence electrons. The second-order valence-corrected chi connectivity index (χ2v) is 7.45. The first kappa shape index (κ1) is 36.6. The van der Waals surface area contributed by atoms with E-state index in [1.807, 2.05) is 0 Å². The van der Waals surface area contributed by atoms with Crippen LogP contribution in [0.3, 0.4) is 0 Å². The minimum atomic E-state index is 0. The Kier molecular flexibility index (Phi) is 55.4. The quantitative estimate of drug-likeness (QED) is 0.202.